The predicted octanol–water partition coefficient (Wildman–Crippen LogP) is -2.20. The molecule has 9 amide bonds. The van der Waals surface area contributed by atoms with Gasteiger partial charge >= 0.3 is 0 Å². The summed E-state index contributed by atoms with van der Waals surface area (Å²) in [5, 5.41) is 108. The van der Waals surface area contributed by atoms with Gasteiger partial charge in [-0.3, -0.25) is 48.1 Å². The van der Waals surface area contributed by atoms with Gasteiger partial charge in [-0.05, 0) is 70.6 Å². The van der Waals surface area contributed by atoms with Crippen molar-refractivity contribution in [2.45, 2.75) is 259 Å². The Hall–Kier alpha value is -5.55. The molecule has 3 saturated heterocycles. The Morgan fingerprint density at radius 2 is 0.642 bits per heavy atom. The molecule has 610 valence electrons. The molecular weight excluding hydrogens is 1400 g/mol. The maximum Gasteiger partial charge on any atom is 0.253 e. The average molecular weight is 1520 g/mol. The highest BCUT2D eigenvalue weighted by molar-refractivity contribution is 6.12. The number of hydrogen-bond acceptors (Lipinski definition) is 27. The first kappa shape index (κ1) is 92.8. The van der Waals surface area contributed by atoms with Crippen LogP contribution in [0.3, 0.4) is 0 Å². The van der Waals surface area contributed by atoms with Crippen molar-refractivity contribution >= 4 is 53.2 Å². The van der Waals surface area contributed by atoms with Crippen molar-refractivity contribution in [1.82, 2.24) is 42.1 Å². The summed E-state index contributed by atoms with van der Waals surface area (Å²) < 4.78 is 51.5. The molecule has 0 aromatic heterocycles. The molecule has 0 aromatic carbocycles. The molecule has 4 heterocycles. The molecule has 106 heavy (non-hydrogen) atoms. The lowest BCUT2D eigenvalue weighted by Crippen LogP contribution is -2.58. The zero-order valence-electron chi connectivity index (χ0n) is 61.6. The number of hydrogen-bond donors (Lipinski definition) is 16. The van der Waals surface area contributed by atoms with Crippen LogP contribution in [0, 0.1) is 0 Å². The highest BCUT2D eigenvalue weighted by atomic mass is 16.7. The van der Waals surface area contributed by atoms with Crippen LogP contribution in [0.15, 0.2) is 12.2 Å². The lowest BCUT2D eigenvalue weighted by molar-refractivity contribution is -0.257. The van der Waals surface area contributed by atoms with E-state index in [1.165, 1.54) is 17.1 Å². The molecule has 0 aromatic rings. The molecule has 0 spiro atoms. The number of imide groups is 1. The number of aliphatic hydroxyl groups is 9. The highest BCUT2D eigenvalue weighted by Gasteiger charge is 2.40. The molecule has 0 radical (unpaired) electrons. The summed E-state index contributed by atoms with van der Waals surface area (Å²) in [4.78, 5) is 115. The zero-order chi connectivity index (χ0) is 77.2. The van der Waals surface area contributed by atoms with Gasteiger partial charge < -0.3 is 126 Å². The van der Waals surface area contributed by atoms with Gasteiger partial charge in [0.05, 0.1) is 77.8 Å². The van der Waals surface area contributed by atoms with Gasteiger partial charge in [0, 0.05) is 142 Å². The van der Waals surface area contributed by atoms with E-state index in [-0.39, 0.29) is 196 Å². The Labute approximate surface area is 621 Å². The average Bonchev–Trinajstić information content (AvgIpc) is 1.25. The van der Waals surface area contributed by atoms with Crippen molar-refractivity contribution in [3.63, 3.8) is 0 Å². The molecule has 16 N–H and O–H groups in total. The van der Waals surface area contributed by atoms with Crippen LogP contribution in [-0.2, 0) is 85.8 Å². The third kappa shape index (κ3) is 40.2. The largest absolute Gasteiger partial charge is 0.394 e. The van der Waals surface area contributed by atoms with E-state index in [2.05, 4.69) is 37.2 Å². The minimum Gasteiger partial charge on any atom is -0.394 e. The van der Waals surface area contributed by atoms with Crippen LogP contribution in [0.5, 0.6) is 0 Å². The number of unbranched alkanes of at least 4 members (excludes halogenated alkanes) is 11. The van der Waals surface area contributed by atoms with E-state index in [4.69, 9.17) is 42.6 Å². The second kappa shape index (κ2) is 55.8. The molecule has 0 bridgehead atoms. The third-order valence-corrected chi connectivity index (χ3v) is 18.1. The summed E-state index contributed by atoms with van der Waals surface area (Å²) in [5.41, 5.74) is -1.38. The van der Waals surface area contributed by atoms with Crippen LogP contribution in [0.1, 0.15) is 180 Å². The molecule has 12 atom stereocenters. The Balaban J connectivity index is 1.24. The predicted molar refractivity (Wildman–Crippen MR) is 378 cm³/mol. The van der Waals surface area contributed by atoms with Gasteiger partial charge in [0.2, 0.25) is 41.4 Å². The fourth-order valence-electron chi connectivity index (χ4n) is 11.8. The van der Waals surface area contributed by atoms with Gasteiger partial charge in [0.25, 0.3) is 11.8 Å². The van der Waals surface area contributed by atoms with Gasteiger partial charge in [-0.15, -0.1) is 0 Å². The van der Waals surface area contributed by atoms with Crippen molar-refractivity contribution in [1.29, 1.82) is 0 Å². The summed E-state index contributed by atoms with van der Waals surface area (Å²) >= 11 is 0. The van der Waals surface area contributed by atoms with Gasteiger partial charge in [-0.25, -0.2) is 0 Å². The Morgan fingerprint density at radius 1 is 0.368 bits per heavy atom. The zero-order valence-corrected chi connectivity index (χ0v) is 61.6. The molecule has 3 fully saturated rings. The Kier molecular flexibility index (Phi) is 48.9. The summed E-state index contributed by atoms with van der Waals surface area (Å²) in [6.45, 7) is 0.499. The summed E-state index contributed by atoms with van der Waals surface area (Å²) in [7, 11) is 0. The van der Waals surface area contributed by atoms with Crippen molar-refractivity contribution in [2.24, 2.45) is 0 Å². The third-order valence-electron chi connectivity index (χ3n) is 18.1. The van der Waals surface area contributed by atoms with E-state index in [0.717, 1.165) is 51.4 Å². The summed E-state index contributed by atoms with van der Waals surface area (Å²) in [6.07, 6.45) is 3.31. The Bertz CT molecular complexity index is 2330. The van der Waals surface area contributed by atoms with Gasteiger partial charge in [0.15, 0.2) is 18.9 Å². The molecule has 0 aliphatic carbocycles. The topological polar surface area (TPSA) is 506 Å². The molecule has 0 unspecified atom stereocenters. The second-order valence-corrected chi connectivity index (χ2v) is 27.2. The second-order valence-electron chi connectivity index (χ2n) is 27.2. The van der Waals surface area contributed by atoms with E-state index in [0.29, 0.717) is 90.4 Å². The van der Waals surface area contributed by atoms with Crippen LogP contribution in [0.4, 0.5) is 0 Å². The number of aliphatic hydroxyl groups excluding tert-OH is 9. The van der Waals surface area contributed by atoms with E-state index in [1.54, 1.807) is 0 Å². The number of ether oxygens (including phenoxy) is 9. The molecule has 4 aliphatic heterocycles. The quantitative estimate of drug-likeness (QED) is 0.0227. The van der Waals surface area contributed by atoms with Crippen molar-refractivity contribution < 1.29 is 132 Å². The van der Waals surface area contributed by atoms with Crippen LogP contribution in [0.2, 0.25) is 0 Å². The number of rotatable bonds is 61. The van der Waals surface area contributed by atoms with Gasteiger partial charge in [0.1, 0.15) is 42.2 Å². The normalized spacial score (nSPS) is 23.2. The molecule has 4 rings (SSSR count). The summed E-state index contributed by atoms with van der Waals surface area (Å²) in [6, 6.07) is 0. The number of nitrogens with zero attached hydrogens (tertiary/aromatic N) is 1. The fraction of sp³-hybridized carbons (Fsp3) is 0.845. The molecule has 35 nitrogen and oxygen atoms in total. The lowest BCUT2D eigenvalue weighted by atomic mass is 10.0. The van der Waals surface area contributed by atoms with Crippen LogP contribution in [0.25, 0.3) is 0 Å². The molecule has 35 heteroatoms. The smallest absolute Gasteiger partial charge is 0.253 e. The van der Waals surface area contributed by atoms with Crippen LogP contribution < -0.4 is 37.2 Å². The standard InChI is InChI=1S/C71H124N8O27/c80-44-53-68(95)50(83)41-65(104-53)101-35-13-9-19-56(86)72-28-16-31-75-59(89)25-38-98-47-71(78-62(92)22-8-6-4-2-1-3-5-7-12-34-79-63(93)23-24-64(79)94,48-99-39-26-60(90)76-32-17-29-73-57(87)20-10-14-36-102-66-42-51(84)69(96)54(45-81)105-66)49-100-40-27-61(91)77-33-18-30-74-58(88)21-11-15-37-103-67-43-52(85)70(97)55(46-82)106-67/h23-24,50-55,65-70,80-85,95-97H,1-22,25-49H2,(H,72,86)(H,73,87)(H,74,88)(H,75,89)(H,76,90)(H,77,91)(H,78,92)/t50-,51-,52-,53-,54-,55-,65-,66-,67-,68-,69-,70-/m1/s1. The maximum absolute atomic E-state index is 13.9. The van der Waals surface area contributed by atoms with Gasteiger partial charge in [-0.2, -0.15) is 0 Å². The minimum absolute atomic E-state index is 0.0494. The minimum atomic E-state index is -1.38. The Morgan fingerprint density at radius 3 is 0.953 bits per heavy atom. The number of amides is 9. The summed E-state index contributed by atoms with van der Waals surface area (Å²) in [5.74, 6) is -2.47. The number of nitrogens with one attached hydrogen (secondary N) is 7. The van der Waals surface area contributed by atoms with Crippen LogP contribution in [-0.4, -0.2) is 308 Å². The van der Waals surface area contributed by atoms with Crippen LogP contribution >= 0.6 is 0 Å². The van der Waals surface area contributed by atoms with Crippen molar-refractivity contribution in [3.8, 4) is 0 Å². The maximum atomic E-state index is 13.9. The molecular formula is C71H124N8O27. The SMILES string of the molecule is O=C(CCCCO[C@H]1C[C@@H](O)[C@@H](O)[C@@H](CO)O1)NCCCNC(=O)CCOCC(COCCC(=O)NCCCNC(=O)CCCCO[C@H]1C[C@@H](O)[C@@H](O)[C@@H](CO)O1)(COCCC(=O)NCCCNC(=O)CCCCO[C@H]1C[C@@H](O)[C@@H](O)[C@@H](CO)O1)NC(=O)CCCCCCCCCCCN1C(=O)C=CC1=O. The van der Waals surface area contributed by atoms with E-state index in [9.17, 15) is 89.1 Å². The fourth-order valence-corrected chi connectivity index (χ4v) is 11.8. The molecule has 4 aliphatic rings. The highest BCUT2D eigenvalue weighted by Crippen LogP contribution is 2.25. The van der Waals surface area contributed by atoms with E-state index < -0.39 is 99.2 Å². The van der Waals surface area contributed by atoms with E-state index in [1.807, 2.05) is 0 Å². The molecule has 0 saturated carbocycles. The monoisotopic (exact) mass is 1520 g/mol. The van der Waals surface area contributed by atoms with E-state index >= 15 is 0 Å². The number of carbonyl (C=O) groups excluding carboxylic acids is 9. The first-order chi connectivity index (χ1) is 51.2. The lowest BCUT2D eigenvalue weighted by Gasteiger charge is -2.36. The number of carbonyl (C=O) groups is 9. The van der Waals surface area contributed by atoms with Crippen molar-refractivity contribution in [2.75, 3.05) is 125 Å². The first-order valence-electron chi connectivity index (χ1n) is 38.1. The van der Waals surface area contributed by atoms with Gasteiger partial charge in [-0.1, -0.05) is 44.9 Å². The first-order valence-corrected chi connectivity index (χ1v) is 38.1. The van der Waals surface area contributed by atoms with Crippen molar-refractivity contribution in [3.05, 3.63) is 12.2 Å².